The molecule has 1 saturated carbocycles. The maximum absolute atomic E-state index is 11.2. The van der Waals surface area contributed by atoms with Crippen molar-refractivity contribution in [1.29, 1.82) is 0 Å². The Morgan fingerprint density at radius 2 is 1.81 bits per heavy atom. The summed E-state index contributed by atoms with van der Waals surface area (Å²) < 4.78 is 6.16. The van der Waals surface area contributed by atoms with Gasteiger partial charge in [-0.15, -0.1) is 0 Å². The van der Waals surface area contributed by atoms with E-state index in [1.807, 2.05) is 0 Å². The molecule has 1 unspecified atom stereocenters. The van der Waals surface area contributed by atoms with E-state index in [0.717, 1.165) is 38.7 Å². The second kappa shape index (κ2) is 6.88. The van der Waals surface area contributed by atoms with Crippen LogP contribution in [-0.4, -0.2) is 41.7 Å². The summed E-state index contributed by atoms with van der Waals surface area (Å²) in [6.07, 6.45) is 8.82. The molecule has 1 atom stereocenters. The fourth-order valence-corrected chi connectivity index (χ4v) is 5.38. The Labute approximate surface area is 131 Å². The molecule has 1 aliphatic carbocycles. The SMILES string of the molecule is NC(=O)C1CCC(NC2CCOC3(CCSCC3)C2)CC1. The molecule has 2 saturated heterocycles. The van der Waals surface area contributed by atoms with Crippen molar-refractivity contribution in [2.45, 2.75) is 69.1 Å². The van der Waals surface area contributed by atoms with Crippen LogP contribution in [0.3, 0.4) is 0 Å². The summed E-state index contributed by atoms with van der Waals surface area (Å²) in [5.41, 5.74) is 5.57. The molecule has 0 aromatic rings. The topological polar surface area (TPSA) is 64.4 Å². The van der Waals surface area contributed by atoms with Crippen LogP contribution in [0.25, 0.3) is 0 Å². The Bertz CT molecular complexity index is 358. The van der Waals surface area contributed by atoms with Gasteiger partial charge in [0.25, 0.3) is 0 Å². The molecule has 120 valence electrons. The Balaban J connectivity index is 1.48. The minimum absolute atomic E-state index is 0.111. The molecule has 2 aliphatic heterocycles. The van der Waals surface area contributed by atoms with Gasteiger partial charge in [-0.3, -0.25) is 4.79 Å². The van der Waals surface area contributed by atoms with Crippen LogP contribution in [0, 0.1) is 5.92 Å². The number of carbonyl (C=O) groups excluding carboxylic acids is 1. The minimum Gasteiger partial charge on any atom is -0.375 e. The van der Waals surface area contributed by atoms with Crippen LogP contribution in [0.1, 0.15) is 51.4 Å². The first-order valence-electron chi connectivity index (χ1n) is 8.44. The molecule has 4 nitrogen and oxygen atoms in total. The number of carbonyl (C=O) groups is 1. The third-order valence-electron chi connectivity index (χ3n) is 5.50. The van der Waals surface area contributed by atoms with Crippen LogP contribution in [-0.2, 0) is 9.53 Å². The highest BCUT2D eigenvalue weighted by atomic mass is 32.2. The van der Waals surface area contributed by atoms with Crippen molar-refractivity contribution >= 4 is 17.7 Å². The van der Waals surface area contributed by atoms with Gasteiger partial charge < -0.3 is 15.8 Å². The maximum atomic E-state index is 11.2. The average Bonchev–Trinajstić information content (AvgIpc) is 2.49. The Kier molecular flexibility index (Phi) is 5.12. The van der Waals surface area contributed by atoms with Crippen molar-refractivity contribution in [2.24, 2.45) is 11.7 Å². The van der Waals surface area contributed by atoms with E-state index in [1.165, 1.54) is 30.8 Å². The number of thioether (sulfide) groups is 1. The van der Waals surface area contributed by atoms with Crippen LogP contribution in [0.4, 0.5) is 0 Å². The molecule has 3 N–H and O–H groups in total. The van der Waals surface area contributed by atoms with Gasteiger partial charge in [0.05, 0.1) is 5.60 Å². The van der Waals surface area contributed by atoms with E-state index in [2.05, 4.69) is 17.1 Å². The monoisotopic (exact) mass is 312 g/mol. The van der Waals surface area contributed by atoms with E-state index < -0.39 is 0 Å². The first kappa shape index (κ1) is 15.6. The zero-order valence-corrected chi connectivity index (χ0v) is 13.6. The van der Waals surface area contributed by atoms with Gasteiger partial charge in [0.15, 0.2) is 0 Å². The van der Waals surface area contributed by atoms with E-state index in [4.69, 9.17) is 10.5 Å². The van der Waals surface area contributed by atoms with Gasteiger partial charge in [-0.25, -0.2) is 0 Å². The average molecular weight is 312 g/mol. The molecule has 2 heterocycles. The van der Waals surface area contributed by atoms with Crippen molar-refractivity contribution in [3.63, 3.8) is 0 Å². The van der Waals surface area contributed by atoms with Gasteiger partial charge in [-0.1, -0.05) is 0 Å². The van der Waals surface area contributed by atoms with Gasteiger partial charge in [0.1, 0.15) is 0 Å². The number of rotatable bonds is 3. The van der Waals surface area contributed by atoms with Crippen LogP contribution in [0.15, 0.2) is 0 Å². The normalized spacial score (nSPS) is 36.5. The fourth-order valence-electron chi connectivity index (χ4n) is 4.14. The smallest absolute Gasteiger partial charge is 0.220 e. The van der Waals surface area contributed by atoms with Crippen molar-refractivity contribution in [1.82, 2.24) is 5.32 Å². The van der Waals surface area contributed by atoms with E-state index >= 15 is 0 Å². The van der Waals surface area contributed by atoms with Crippen molar-refractivity contribution in [2.75, 3.05) is 18.1 Å². The van der Waals surface area contributed by atoms with E-state index in [0.29, 0.717) is 12.1 Å². The second-order valence-electron chi connectivity index (χ2n) is 6.95. The van der Waals surface area contributed by atoms with Gasteiger partial charge >= 0.3 is 0 Å². The number of amides is 1. The molecule has 0 aromatic heterocycles. The Morgan fingerprint density at radius 3 is 2.48 bits per heavy atom. The molecule has 0 radical (unpaired) electrons. The number of primary amides is 1. The number of hydrogen-bond acceptors (Lipinski definition) is 4. The van der Waals surface area contributed by atoms with E-state index in [-0.39, 0.29) is 17.4 Å². The quantitative estimate of drug-likeness (QED) is 0.837. The van der Waals surface area contributed by atoms with Crippen LogP contribution >= 0.6 is 11.8 Å². The molecule has 3 aliphatic rings. The van der Waals surface area contributed by atoms with Crippen LogP contribution < -0.4 is 11.1 Å². The third-order valence-corrected chi connectivity index (χ3v) is 6.48. The molecule has 21 heavy (non-hydrogen) atoms. The zero-order valence-electron chi connectivity index (χ0n) is 12.8. The summed E-state index contributed by atoms with van der Waals surface area (Å²) in [4.78, 5) is 11.2. The summed E-state index contributed by atoms with van der Waals surface area (Å²) in [6, 6.07) is 1.16. The van der Waals surface area contributed by atoms with Crippen LogP contribution in [0.2, 0.25) is 0 Å². The summed E-state index contributed by atoms with van der Waals surface area (Å²) in [6.45, 7) is 0.902. The van der Waals surface area contributed by atoms with Gasteiger partial charge in [-0.05, 0) is 62.9 Å². The van der Waals surface area contributed by atoms with Crippen molar-refractivity contribution in [3.8, 4) is 0 Å². The Morgan fingerprint density at radius 1 is 1.10 bits per heavy atom. The summed E-state index contributed by atoms with van der Waals surface area (Å²) in [5.74, 6) is 2.49. The lowest BCUT2D eigenvalue weighted by molar-refractivity contribution is -0.122. The predicted octanol–water partition coefficient (Wildman–Crippen LogP) is 2.06. The highest BCUT2D eigenvalue weighted by Crippen LogP contribution is 2.38. The number of nitrogens with one attached hydrogen (secondary N) is 1. The fraction of sp³-hybridized carbons (Fsp3) is 0.938. The molecule has 1 spiro atoms. The number of hydrogen-bond donors (Lipinski definition) is 2. The second-order valence-corrected chi connectivity index (χ2v) is 8.18. The first-order valence-corrected chi connectivity index (χ1v) is 9.59. The van der Waals surface area contributed by atoms with Gasteiger partial charge in [0.2, 0.25) is 5.91 Å². The maximum Gasteiger partial charge on any atom is 0.220 e. The highest BCUT2D eigenvalue weighted by molar-refractivity contribution is 7.99. The molecule has 1 amide bonds. The lowest BCUT2D eigenvalue weighted by Gasteiger charge is -2.44. The molecule has 5 heteroatoms. The molecule has 3 rings (SSSR count). The minimum atomic E-state index is -0.113. The number of ether oxygens (including phenoxy) is 1. The molecule has 3 fully saturated rings. The van der Waals surface area contributed by atoms with Crippen molar-refractivity contribution < 1.29 is 9.53 Å². The third kappa shape index (κ3) is 3.93. The van der Waals surface area contributed by atoms with Gasteiger partial charge in [0, 0.05) is 24.6 Å². The zero-order chi connectivity index (χ0) is 14.7. The lowest BCUT2D eigenvalue weighted by Crippen LogP contribution is -2.51. The highest BCUT2D eigenvalue weighted by Gasteiger charge is 2.39. The first-order chi connectivity index (χ1) is 10.2. The van der Waals surface area contributed by atoms with E-state index in [1.54, 1.807) is 0 Å². The van der Waals surface area contributed by atoms with E-state index in [9.17, 15) is 4.79 Å². The van der Waals surface area contributed by atoms with Crippen LogP contribution in [0.5, 0.6) is 0 Å². The van der Waals surface area contributed by atoms with Crippen molar-refractivity contribution in [3.05, 3.63) is 0 Å². The molecule has 0 bridgehead atoms. The molecule has 0 aromatic carbocycles. The molecular formula is C16H28N2O2S. The van der Waals surface area contributed by atoms with Gasteiger partial charge in [-0.2, -0.15) is 11.8 Å². The summed E-state index contributed by atoms with van der Waals surface area (Å²) in [7, 11) is 0. The molecular weight excluding hydrogens is 284 g/mol. The summed E-state index contributed by atoms with van der Waals surface area (Å²) >= 11 is 2.06. The Hall–Kier alpha value is -0.260. The summed E-state index contributed by atoms with van der Waals surface area (Å²) in [5, 5.41) is 3.85. The largest absolute Gasteiger partial charge is 0.375 e. The number of nitrogens with two attached hydrogens (primary N) is 1. The predicted molar refractivity (Wildman–Crippen MR) is 86.3 cm³/mol. The lowest BCUT2D eigenvalue weighted by atomic mass is 9.82. The standard InChI is InChI=1S/C16H28N2O2S/c17-15(19)12-1-3-13(4-2-12)18-14-5-8-20-16(11-14)6-9-21-10-7-16/h12-14,18H,1-11H2,(H2,17,19).